The first-order valence-corrected chi connectivity index (χ1v) is 6.79. The molecule has 1 fully saturated rings. The number of likely N-dealkylation sites (N-methyl/N-ethyl adjacent to an activating group) is 2. The van der Waals surface area contributed by atoms with Gasteiger partial charge in [0.25, 0.3) is 0 Å². The van der Waals surface area contributed by atoms with Gasteiger partial charge in [-0.1, -0.05) is 0 Å². The molecule has 19 heavy (non-hydrogen) atoms. The Morgan fingerprint density at radius 1 is 1.53 bits per heavy atom. The first kappa shape index (κ1) is 14.0. The Morgan fingerprint density at radius 2 is 2.37 bits per heavy atom. The van der Waals surface area contributed by atoms with Crippen LogP contribution in [0.4, 0.5) is 11.6 Å². The molecular formula is C13H23N5O. The fourth-order valence-electron chi connectivity index (χ4n) is 2.35. The summed E-state index contributed by atoms with van der Waals surface area (Å²) in [5.41, 5.74) is 0. The van der Waals surface area contributed by atoms with E-state index in [2.05, 4.69) is 39.2 Å². The Hall–Kier alpha value is -1.40. The van der Waals surface area contributed by atoms with Crippen molar-refractivity contribution in [3.8, 4) is 0 Å². The lowest BCUT2D eigenvalue weighted by Crippen LogP contribution is -2.34. The minimum absolute atomic E-state index is 0.194. The molecule has 0 radical (unpaired) electrons. The maximum Gasteiger partial charge on any atom is 0.134 e. The van der Waals surface area contributed by atoms with Crippen molar-refractivity contribution in [2.75, 3.05) is 50.6 Å². The fourth-order valence-corrected chi connectivity index (χ4v) is 2.35. The molecule has 2 N–H and O–H groups in total. The second kappa shape index (κ2) is 6.68. The Bertz CT molecular complexity index is 400. The van der Waals surface area contributed by atoms with Crippen LogP contribution in [0.3, 0.4) is 0 Å². The SMILES string of the molecule is CN1CCC(N(C)c2cc(NCCCO)ncn2)C1. The van der Waals surface area contributed by atoms with Crippen molar-refractivity contribution in [1.82, 2.24) is 14.9 Å². The fraction of sp³-hybridized carbons (Fsp3) is 0.692. The topological polar surface area (TPSA) is 64.5 Å². The molecule has 1 aromatic rings. The van der Waals surface area contributed by atoms with E-state index >= 15 is 0 Å². The molecule has 1 aliphatic heterocycles. The van der Waals surface area contributed by atoms with Crippen molar-refractivity contribution in [2.24, 2.45) is 0 Å². The second-order valence-electron chi connectivity index (χ2n) is 5.08. The highest BCUT2D eigenvalue weighted by atomic mass is 16.3. The molecule has 1 aromatic heterocycles. The normalized spacial score (nSPS) is 19.6. The lowest BCUT2D eigenvalue weighted by Gasteiger charge is -2.25. The smallest absolute Gasteiger partial charge is 0.134 e. The van der Waals surface area contributed by atoms with E-state index in [9.17, 15) is 0 Å². The Kier molecular flexibility index (Phi) is 4.93. The molecule has 0 saturated carbocycles. The molecular weight excluding hydrogens is 242 g/mol. The molecule has 2 heterocycles. The van der Waals surface area contributed by atoms with Crippen molar-refractivity contribution in [1.29, 1.82) is 0 Å². The summed E-state index contributed by atoms with van der Waals surface area (Å²) >= 11 is 0. The van der Waals surface area contributed by atoms with E-state index in [4.69, 9.17) is 5.11 Å². The summed E-state index contributed by atoms with van der Waals surface area (Å²) in [5.74, 6) is 1.76. The number of aromatic nitrogens is 2. The van der Waals surface area contributed by atoms with Gasteiger partial charge in [-0.05, 0) is 26.4 Å². The van der Waals surface area contributed by atoms with Gasteiger partial charge in [0.2, 0.25) is 0 Å². The molecule has 0 aromatic carbocycles. The monoisotopic (exact) mass is 265 g/mol. The Morgan fingerprint density at radius 3 is 3.05 bits per heavy atom. The number of nitrogens with zero attached hydrogens (tertiary/aromatic N) is 4. The highest BCUT2D eigenvalue weighted by Gasteiger charge is 2.24. The van der Waals surface area contributed by atoms with Crippen molar-refractivity contribution >= 4 is 11.6 Å². The minimum atomic E-state index is 0.194. The summed E-state index contributed by atoms with van der Waals surface area (Å²) in [6.45, 7) is 3.14. The van der Waals surface area contributed by atoms with Crippen LogP contribution in [0.25, 0.3) is 0 Å². The van der Waals surface area contributed by atoms with Crippen LogP contribution in [-0.2, 0) is 0 Å². The molecule has 1 unspecified atom stereocenters. The highest BCUT2D eigenvalue weighted by Crippen LogP contribution is 2.20. The van der Waals surface area contributed by atoms with Crippen LogP contribution in [0.2, 0.25) is 0 Å². The number of likely N-dealkylation sites (tertiary alicyclic amines) is 1. The third kappa shape index (κ3) is 3.78. The number of hydrogen-bond donors (Lipinski definition) is 2. The predicted molar refractivity (Wildman–Crippen MR) is 76.5 cm³/mol. The summed E-state index contributed by atoms with van der Waals surface area (Å²) in [4.78, 5) is 13.1. The van der Waals surface area contributed by atoms with E-state index in [1.807, 2.05) is 6.07 Å². The first-order chi connectivity index (χ1) is 9.20. The minimum Gasteiger partial charge on any atom is -0.396 e. The molecule has 6 heteroatoms. The van der Waals surface area contributed by atoms with Crippen molar-refractivity contribution in [2.45, 2.75) is 18.9 Å². The number of hydrogen-bond acceptors (Lipinski definition) is 6. The standard InChI is InChI=1S/C13H23N5O/c1-17-6-4-11(9-17)18(2)13-8-12(15-10-16-13)14-5-3-7-19/h8,10-11,19H,3-7,9H2,1-2H3,(H,14,15,16). The molecule has 1 atom stereocenters. The van der Waals surface area contributed by atoms with Gasteiger partial charge in [0.15, 0.2) is 0 Å². The Balaban J connectivity index is 1.97. The van der Waals surface area contributed by atoms with Gasteiger partial charge in [-0.3, -0.25) is 0 Å². The van der Waals surface area contributed by atoms with Gasteiger partial charge in [0.05, 0.1) is 0 Å². The molecule has 0 aliphatic carbocycles. The summed E-state index contributed by atoms with van der Waals surface area (Å²) in [6.07, 6.45) is 3.48. The van der Waals surface area contributed by atoms with Gasteiger partial charge >= 0.3 is 0 Å². The van der Waals surface area contributed by atoms with Crippen molar-refractivity contribution in [3.63, 3.8) is 0 Å². The van der Waals surface area contributed by atoms with Gasteiger partial charge in [-0.2, -0.15) is 0 Å². The average Bonchev–Trinajstić information content (AvgIpc) is 2.85. The lowest BCUT2D eigenvalue weighted by molar-refractivity contribution is 0.292. The highest BCUT2D eigenvalue weighted by molar-refractivity contribution is 5.48. The van der Waals surface area contributed by atoms with E-state index in [1.54, 1.807) is 6.33 Å². The van der Waals surface area contributed by atoms with Crippen LogP contribution >= 0.6 is 0 Å². The van der Waals surface area contributed by atoms with Crippen LogP contribution in [0.5, 0.6) is 0 Å². The van der Waals surface area contributed by atoms with Crippen LogP contribution in [0, 0.1) is 0 Å². The quantitative estimate of drug-likeness (QED) is 0.726. The van der Waals surface area contributed by atoms with Crippen LogP contribution in [-0.4, -0.2) is 66.4 Å². The van der Waals surface area contributed by atoms with Gasteiger partial charge in [-0.25, -0.2) is 9.97 Å². The van der Waals surface area contributed by atoms with Gasteiger partial charge in [-0.15, -0.1) is 0 Å². The van der Waals surface area contributed by atoms with E-state index in [1.165, 1.54) is 6.42 Å². The third-order valence-electron chi connectivity index (χ3n) is 3.57. The lowest BCUT2D eigenvalue weighted by atomic mass is 10.2. The zero-order valence-corrected chi connectivity index (χ0v) is 11.7. The van der Waals surface area contributed by atoms with Crippen LogP contribution < -0.4 is 10.2 Å². The molecule has 2 rings (SSSR count). The average molecular weight is 265 g/mol. The van der Waals surface area contributed by atoms with Gasteiger partial charge in [0.1, 0.15) is 18.0 Å². The largest absolute Gasteiger partial charge is 0.396 e. The zero-order valence-electron chi connectivity index (χ0n) is 11.7. The van der Waals surface area contributed by atoms with Crippen LogP contribution in [0.1, 0.15) is 12.8 Å². The summed E-state index contributed by atoms with van der Waals surface area (Å²) < 4.78 is 0. The number of aliphatic hydroxyl groups is 1. The molecule has 1 saturated heterocycles. The summed E-state index contributed by atoms with van der Waals surface area (Å²) in [5, 5.41) is 12.0. The van der Waals surface area contributed by atoms with E-state index in [0.717, 1.165) is 37.7 Å². The van der Waals surface area contributed by atoms with Gasteiger partial charge < -0.3 is 20.2 Å². The Labute approximate surface area is 114 Å². The van der Waals surface area contributed by atoms with Crippen molar-refractivity contribution < 1.29 is 5.11 Å². The third-order valence-corrected chi connectivity index (χ3v) is 3.57. The number of anilines is 2. The summed E-state index contributed by atoms with van der Waals surface area (Å²) in [6, 6.07) is 2.49. The van der Waals surface area contributed by atoms with E-state index in [0.29, 0.717) is 6.04 Å². The first-order valence-electron chi connectivity index (χ1n) is 6.79. The molecule has 0 amide bonds. The van der Waals surface area contributed by atoms with E-state index in [-0.39, 0.29) is 6.61 Å². The maximum atomic E-state index is 8.77. The molecule has 1 aliphatic rings. The molecule has 0 bridgehead atoms. The van der Waals surface area contributed by atoms with Crippen molar-refractivity contribution in [3.05, 3.63) is 12.4 Å². The number of rotatable bonds is 6. The zero-order chi connectivity index (χ0) is 13.7. The van der Waals surface area contributed by atoms with Crippen LogP contribution in [0.15, 0.2) is 12.4 Å². The van der Waals surface area contributed by atoms with Gasteiger partial charge in [0, 0.05) is 38.9 Å². The second-order valence-corrected chi connectivity index (χ2v) is 5.08. The molecule has 106 valence electrons. The molecule has 6 nitrogen and oxygen atoms in total. The molecule has 0 spiro atoms. The summed E-state index contributed by atoms with van der Waals surface area (Å²) in [7, 11) is 4.24. The number of nitrogens with one attached hydrogen (secondary N) is 1. The van der Waals surface area contributed by atoms with E-state index < -0.39 is 0 Å². The predicted octanol–water partition coefficient (Wildman–Crippen LogP) is 0.411. The maximum absolute atomic E-state index is 8.77. The number of aliphatic hydroxyl groups excluding tert-OH is 1.